The highest BCUT2D eigenvalue weighted by molar-refractivity contribution is 5.80. The molecule has 5 heteroatoms. The van der Waals surface area contributed by atoms with Crippen molar-refractivity contribution in [2.45, 2.75) is 263 Å². The zero-order valence-electron chi connectivity index (χ0n) is 38.4. The van der Waals surface area contributed by atoms with E-state index in [4.69, 9.17) is 0 Å². The van der Waals surface area contributed by atoms with E-state index in [1.807, 2.05) is 6.08 Å². The molecule has 0 aliphatic rings. The molecule has 0 fully saturated rings. The molecule has 3 unspecified atom stereocenters. The lowest BCUT2D eigenvalue weighted by atomic mass is 10.0. The Kier molecular flexibility index (Phi) is 46.1. The Balaban J connectivity index is 3.72. The number of unbranched alkanes of at least 4 members (excludes halogenated alkanes) is 29. The fourth-order valence-corrected chi connectivity index (χ4v) is 7.36. The molecule has 0 heterocycles. The zero-order valence-corrected chi connectivity index (χ0v) is 38.4. The largest absolute Gasteiger partial charge is 0.394 e. The zero-order chi connectivity index (χ0) is 42.3. The van der Waals surface area contributed by atoms with Gasteiger partial charge < -0.3 is 20.6 Å². The van der Waals surface area contributed by atoms with E-state index in [-0.39, 0.29) is 6.61 Å². The molecule has 0 aliphatic carbocycles. The Morgan fingerprint density at radius 1 is 0.431 bits per heavy atom. The molecular formula is C53H97NO4. The average Bonchev–Trinajstić information content (AvgIpc) is 3.23. The number of hydrogen-bond donors (Lipinski definition) is 4. The molecule has 0 aromatic heterocycles. The van der Waals surface area contributed by atoms with Crippen LogP contribution in [0.5, 0.6) is 0 Å². The van der Waals surface area contributed by atoms with Crippen LogP contribution in [0.1, 0.15) is 245 Å². The fourth-order valence-electron chi connectivity index (χ4n) is 7.36. The predicted molar refractivity (Wildman–Crippen MR) is 254 cm³/mol. The topological polar surface area (TPSA) is 89.8 Å². The minimum atomic E-state index is -1.12. The molecule has 3 atom stereocenters. The lowest BCUT2D eigenvalue weighted by molar-refractivity contribution is -0.131. The Labute approximate surface area is 360 Å². The van der Waals surface area contributed by atoms with Gasteiger partial charge in [0.05, 0.1) is 18.8 Å². The third-order valence-corrected chi connectivity index (χ3v) is 11.3. The van der Waals surface area contributed by atoms with Gasteiger partial charge in [0.1, 0.15) is 6.10 Å². The van der Waals surface area contributed by atoms with Crippen molar-refractivity contribution in [2.75, 3.05) is 6.61 Å². The summed E-state index contributed by atoms with van der Waals surface area (Å²) in [4.78, 5) is 12.5. The minimum absolute atomic E-state index is 0.385. The highest BCUT2D eigenvalue weighted by atomic mass is 16.3. The van der Waals surface area contributed by atoms with Crippen molar-refractivity contribution < 1.29 is 20.1 Å². The van der Waals surface area contributed by atoms with E-state index in [2.05, 4.69) is 67.8 Å². The van der Waals surface area contributed by atoms with Crippen molar-refractivity contribution in [1.29, 1.82) is 0 Å². The molecule has 0 aromatic rings. The first-order chi connectivity index (χ1) is 28.6. The summed E-state index contributed by atoms with van der Waals surface area (Å²) in [6.45, 7) is 4.17. The van der Waals surface area contributed by atoms with E-state index in [9.17, 15) is 20.1 Å². The molecule has 0 saturated heterocycles. The summed E-state index contributed by atoms with van der Waals surface area (Å²) in [6.07, 6.45) is 64.1. The van der Waals surface area contributed by atoms with Gasteiger partial charge in [0.2, 0.25) is 5.91 Å². The fraction of sp³-hybridized carbons (Fsp3) is 0.792. The van der Waals surface area contributed by atoms with Crippen molar-refractivity contribution >= 4 is 5.91 Å². The third kappa shape index (κ3) is 42.2. The number of hydrogen-bond acceptors (Lipinski definition) is 4. The molecule has 0 saturated carbocycles. The number of amides is 1. The molecule has 338 valence electrons. The second-order valence-corrected chi connectivity index (χ2v) is 17.0. The third-order valence-electron chi connectivity index (χ3n) is 11.3. The molecule has 4 N–H and O–H groups in total. The molecule has 0 spiro atoms. The lowest BCUT2D eigenvalue weighted by Gasteiger charge is -2.21. The van der Waals surface area contributed by atoms with Gasteiger partial charge in [-0.1, -0.05) is 229 Å². The van der Waals surface area contributed by atoms with Gasteiger partial charge in [0.25, 0.3) is 0 Å². The first-order valence-electron chi connectivity index (χ1n) is 25.1. The highest BCUT2D eigenvalue weighted by Crippen LogP contribution is 2.14. The average molecular weight is 812 g/mol. The van der Waals surface area contributed by atoms with Gasteiger partial charge in [-0.05, 0) is 77.0 Å². The van der Waals surface area contributed by atoms with E-state index in [0.717, 1.165) is 51.4 Å². The quantitative estimate of drug-likeness (QED) is 0.0364. The Bertz CT molecular complexity index is 985. The van der Waals surface area contributed by atoms with Crippen LogP contribution in [0.25, 0.3) is 0 Å². The van der Waals surface area contributed by atoms with Crippen LogP contribution in [0, 0.1) is 0 Å². The van der Waals surface area contributed by atoms with Gasteiger partial charge >= 0.3 is 0 Å². The van der Waals surface area contributed by atoms with Gasteiger partial charge in [-0.25, -0.2) is 0 Å². The van der Waals surface area contributed by atoms with Crippen LogP contribution >= 0.6 is 0 Å². The second kappa shape index (κ2) is 47.7. The summed E-state index contributed by atoms with van der Waals surface area (Å²) < 4.78 is 0. The van der Waals surface area contributed by atoms with E-state index in [1.165, 1.54) is 173 Å². The summed E-state index contributed by atoms with van der Waals surface area (Å²) in [5, 5.41) is 33.2. The van der Waals surface area contributed by atoms with E-state index < -0.39 is 24.2 Å². The maximum atomic E-state index is 12.5. The van der Waals surface area contributed by atoms with Crippen molar-refractivity contribution in [3.05, 3.63) is 60.8 Å². The first kappa shape index (κ1) is 56.0. The van der Waals surface area contributed by atoms with Gasteiger partial charge in [0, 0.05) is 0 Å². The van der Waals surface area contributed by atoms with Crippen LogP contribution in [0.4, 0.5) is 0 Å². The molecule has 0 bridgehead atoms. The van der Waals surface area contributed by atoms with E-state index in [1.54, 1.807) is 6.08 Å². The molecular weight excluding hydrogens is 715 g/mol. The van der Waals surface area contributed by atoms with Crippen molar-refractivity contribution in [3.8, 4) is 0 Å². The summed E-state index contributed by atoms with van der Waals surface area (Å²) in [6, 6.07) is -0.826. The molecule has 58 heavy (non-hydrogen) atoms. The minimum Gasteiger partial charge on any atom is -0.394 e. The lowest BCUT2D eigenvalue weighted by Crippen LogP contribution is -2.48. The second-order valence-electron chi connectivity index (χ2n) is 17.0. The smallest absolute Gasteiger partial charge is 0.249 e. The number of carbonyl (C=O) groups excluding carboxylic acids is 1. The van der Waals surface area contributed by atoms with Gasteiger partial charge in [0.15, 0.2) is 0 Å². The molecule has 0 rings (SSSR count). The van der Waals surface area contributed by atoms with Crippen LogP contribution in [0.15, 0.2) is 60.8 Å². The summed E-state index contributed by atoms with van der Waals surface area (Å²) >= 11 is 0. The maximum absolute atomic E-state index is 12.5. The Hall–Kier alpha value is -1.95. The number of carbonyl (C=O) groups is 1. The molecule has 0 aliphatic heterocycles. The van der Waals surface area contributed by atoms with Crippen molar-refractivity contribution in [1.82, 2.24) is 5.32 Å². The number of rotatable bonds is 45. The first-order valence-corrected chi connectivity index (χ1v) is 25.1. The van der Waals surface area contributed by atoms with Gasteiger partial charge in [-0.3, -0.25) is 4.79 Å². The molecule has 0 radical (unpaired) electrons. The van der Waals surface area contributed by atoms with Crippen LogP contribution in [0.2, 0.25) is 0 Å². The molecule has 1 amide bonds. The monoisotopic (exact) mass is 812 g/mol. The van der Waals surface area contributed by atoms with Crippen LogP contribution in [-0.2, 0) is 4.79 Å². The van der Waals surface area contributed by atoms with Gasteiger partial charge in [-0.2, -0.15) is 0 Å². The van der Waals surface area contributed by atoms with Crippen LogP contribution < -0.4 is 5.32 Å². The summed E-state index contributed by atoms with van der Waals surface area (Å²) in [5.41, 5.74) is 0. The predicted octanol–water partition coefficient (Wildman–Crippen LogP) is 15.0. The summed E-state index contributed by atoms with van der Waals surface area (Å²) in [7, 11) is 0. The molecule has 5 nitrogen and oxygen atoms in total. The van der Waals surface area contributed by atoms with Crippen molar-refractivity contribution in [2.24, 2.45) is 0 Å². The van der Waals surface area contributed by atoms with Gasteiger partial charge in [-0.15, -0.1) is 0 Å². The molecule has 0 aromatic carbocycles. The standard InChI is InChI=1S/C53H97NO4/c1-3-5-7-9-11-13-15-17-19-21-23-25-26-27-28-30-32-34-36-38-40-42-44-46-48-52(57)53(58)54-50(49-55)51(56)47-45-43-41-39-37-35-33-31-29-24-22-20-18-16-14-12-10-8-6-4-2/h23,25,27-29,31,37,39,45,47,50-52,55-57H,3-22,24,26,30,32-36,38,40-44,46,48-49H2,1-2H3,(H,54,58)/b25-23-,28-27-,31-29+,39-37+,47-45+. The Morgan fingerprint density at radius 2 is 0.759 bits per heavy atom. The maximum Gasteiger partial charge on any atom is 0.249 e. The Morgan fingerprint density at radius 3 is 1.16 bits per heavy atom. The van der Waals surface area contributed by atoms with Crippen LogP contribution in [0.3, 0.4) is 0 Å². The normalized spacial score (nSPS) is 13.9. The SMILES string of the molecule is CCCCCCCCCCC/C=C\C/C=C\CCCCCCCCCCC(O)C(=O)NC(CO)C(O)/C=C/CC/C=C/CC/C=C/CCCCCCCCCCCC. The number of allylic oxidation sites excluding steroid dienone is 9. The van der Waals surface area contributed by atoms with E-state index in [0.29, 0.717) is 6.42 Å². The number of aliphatic hydroxyl groups excluding tert-OH is 3. The van der Waals surface area contributed by atoms with Crippen molar-refractivity contribution in [3.63, 3.8) is 0 Å². The highest BCUT2D eigenvalue weighted by Gasteiger charge is 2.22. The number of nitrogens with one attached hydrogen (secondary N) is 1. The van der Waals surface area contributed by atoms with E-state index >= 15 is 0 Å². The summed E-state index contributed by atoms with van der Waals surface area (Å²) in [5.74, 6) is -0.522. The number of aliphatic hydroxyl groups is 3. The van der Waals surface area contributed by atoms with Crippen LogP contribution in [-0.4, -0.2) is 46.1 Å².